The molecule has 1 aliphatic rings. The topological polar surface area (TPSA) is 18.5 Å². The number of benzene rings is 1. The lowest BCUT2D eigenvalue weighted by molar-refractivity contribution is -0.274. The average Bonchev–Trinajstić information content (AvgIpc) is 2.28. The van der Waals surface area contributed by atoms with Crippen molar-refractivity contribution in [3.05, 3.63) is 30.4 Å². The molecular formula is C13H14F3O2. The lowest BCUT2D eigenvalue weighted by Crippen LogP contribution is -2.17. The van der Waals surface area contributed by atoms with Gasteiger partial charge >= 0.3 is 6.36 Å². The predicted octanol–water partition coefficient (Wildman–Crippen LogP) is 4.46. The molecular weight excluding hydrogens is 245 g/mol. The van der Waals surface area contributed by atoms with E-state index in [0.717, 1.165) is 31.8 Å². The summed E-state index contributed by atoms with van der Waals surface area (Å²) >= 11 is 0. The molecule has 0 saturated heterocycles. The van der Waals surface area contributed by atoms with Crippen molar-refractivity contribution < 1.29 is 22.6 Å². The minimum Gasteiger partial charge on any atom is -0.483 e. The number of alkyl halides is 3. The zero-order valence-electron chi connectivity index (χ0n) is 9.80. The lowest BCUT2D eigenvalue weighted by atomic mass is 9.98. The Hall–Kier alpha value is -1.39. The predicted molar refractivity (Wildman–Crippen MR) is 60.1 cm³/mol. The molecule has 1 fully saturated rings. The van der Waals surface area contributed by atoms with Crippen molar-refractivity contribution in [2.45, 2.75) is 38.5 Å². The van der Waals surface area contributed by atoms with E-state index < -0.39 is 6.36 Å². The smallest absolute Gasteiger partial charge is 0.483 e. The van der Waals surface area contributed by atoms with Crippen LogP contribution in [0.25, 0.3) is 0 Å². The van der Waals surface area contributed by atoms with Gasteiger partial charge < -0.3 is 9.47 Å². The van der Waals surface area contributed by atoms with E-state index in [1.54, 1.807) is 6.07 Å². The quantitative estimate of drug-likeness (QED) is 0.797. The van der Waals surface area contributed by atoms with E-state index in [2.05, 4.69) is 4.74 Å². The maximum absolute atomic E-state index is 12.1. The Balaban J connectivity index is 1.98. The lowest BCUT2D eigenvalue weighted by Gasteiger charge is -2.21. The standard InChI is InChI=1S/C13H14F3O2/c14-13(15,16)18-12-8-4-7-11(9-12)17-10-5-2-1-3-6-10/h4,7-9H,1-3,5-6H2. The molecule has 0 aliphatic heterocycles. The highest BCUT2D eigenvalue weighted by molar-refractivity contribution is 5.33. The summed E-state index contributed by atoms with van der Waals surface area (Å²) in [5.41, 5.74) is 0. The summed E-state index contributed by atoms with van der Waals surface area (Å²) in [6.45, 7) is 0. The molecule has 0 spiro atoms. The fraction of sp³-hybridized carbons (Fsp3) is 0.462. The molecule has 0 N–H and O–H groups in total. The molecule has 1 aromatic carbocycles. The highest BCUT2D eigenvalue weighted by atomic mass is 19.4. The number of hydrogen-bond acceptors (Lipinski definition) is 2. The number of ether oxygens (including phenoxy) is 2. The van der Waals surface area contributed by atoms with Crippen LogP contribution in [0.2, 0.25) is 0 Å². The third-order valence-corrected chi connectivity index (χ3v) is 2.71. The van der Waals surface area contributed by atoms with Crippen LogP contribution in [-0.2, 0) is 0 Å². The Morgan fingerprint density at radius 2 is 1.61 bits per heavy atom. The molecule has 1 radical (unpaired) electrons. The van der Waals surface area contributed by atoms with Gasteiger partial charge in [-0.25, -0.2) is 0 Å². The van der Waals surface area contributed by atoms with Gasteiger partial charge in [-0.05, 0) is 37.8 Å². The summed E-state index contributed by atoms with van der Waals surface area (Å²) in [6.07, 6.45) is 1.36. The minimum absolute atomic E-state index is 0.253. The fourth-order valence-electron chi connectivity index (χ4n) is 1.95. The second kappa shape index (κ2) is 5.50. The molecule has 2 nitrogen and oxygen atoms in total. The molecule has 0 bridgehead atoms. The Morgan fingerprint density at radius 1 is 0.944 bits per heavy atom. The number of halogens is 3. The summed E-state index contributed by atoms with van der Waals surface area (Å²) in [5.74, 6) is 0.144. The van der Waals surface area contributed by atoms with Gasteiger partial charge in [0.05, 0.1) is 0 Å². The van der Waals surface area contributed by atoms with Crippen molar-refractivity contribution in [3.63, 3.8) is 0 Å². The van der Waals surface area contributed by atoms with Crippen molar-refractivity contribution in [2.24, 2.45) is 0 Å². The van der Waals surface area contributed by atoms with Crippen LogP contribution in [0, 0.1) is 6.10 Å². The van der Waals surface area contributed by atoms with Gasteiger partial charge in [0.15, 0.2) is 0 Å². The van der Waals surface area contributed by atoms with Crippen LogP contribution < -0.4 is 9.47 Å². The summed E-state index contributed by atoms with van der Waals surface area (Å²) in [7, 11) is 0. The molecule has 0 atom stereocenters. The summed E-state index contributed by atoms with van der Waals surface area (Å²) in [5, 5.41) is 0. The van der Waals surface area contributed by atoms with Gasteiger partial charge in [0.2, 0.25) is 0 Å². The van der Waals surface area contributed by atoms with Crippen LogP contribution in [0.5, 0.6) is 11.5 Å². The van der Waals surface area contributed by atoms with Crippen molar-refractivity contribution in [3.8, 4) is 11.5 Å². The maximum atomic E-state index is 12.1. The molecule has 2 rings (SSSR count). The van der Waals surface area contributed by atoms with E-state index in [1.807, 2.05) is 0 Å². The first-order valence-corrected chi connectivity index (χ1v) is 5.91. The van der Waals surface area contributed by atoms with Gasteiger partial charge in [-0.3, -0.25) is 0 Å². The normalized spacial score (nSPS) is 17.5. The van der Waals surface area contributed by atoms with Crippen LogP contribution in [0.15, 0.2) is 24.3 Å². The Bertz CT molecular complexity index is 384. The zero-order chi connectivity index (χ0) is 13.0. The molecule has 5 heteroatoms. The molecule has 0 unspecified atom stereocenters. The van der Waals surface area contributed by atoms with E-state index in [-0.39, 0.29) is 5.75 Å². The Labute approximate surface area is 104 Å². The van der Waals surface area contributed by atoms with Gasteiger partial charge in [-0.2, -0.15) is 0 Å². The Kier molecular flexibility index (Phi) is 3.99. The monoisotopic (exact) mass is 259 g/mol. The van der Waals surface area contributed by atoms with E-state index in [0.29, 0.717) is 5.75 Å². The second-order valence-corrected chi connectivity index (χ2v) is 4.22. The third kappa shape index (κ3) is 4.13. The van der Waals surface area contributed by atoms with E-state index in [9.17, 15) is 13.2 Å². The van der Waals surface area contributed by atoms with Gasteiger partial charge in [-0.1, -0.05) is 12.5 Å². The summed E-state index contributed by atoms with van der Waals surface area (Å²) in [4.78, 5) is 0. The fourth-order valence-corrected chi connectivity index (χ4v) is 1.95. The number of hydrogen-bond donors (Lipinski definition) is 0. The van der Waals surface area contributed by atoms with Crippen LogP contribution in [0.3, 0.4) is 0 Å². The molecule has 0 amide bonds. The van der Waals surface area contributed by atoms with E-state index >= 15 is 0 Å². The van der Waals surface area contributed by atoms with Crippen molar-refractivity contribution in [1.29, 1.82) is 0 Å². The third-order valence-electron chi connectivity index (χ3n) is 2.71. The first-order chi connectivity index (χ1) is 8.53. The average molecular weight is 259 g/mol. The van der Waals surface area contributed by atoms with Gasteiger partial charge in [0.1, 0.15) is 17.6 Å². The first-order valence-electron chi connectivity index (χ1n) is 5.91. The maximum Gasteiger partial charge on any atom is 0.573 e. The minimum atomic E-state index is -4.67. The molecule has 0 aromatic heterocycles. The second-order valence-electron chi connectivity index (χ2n) is 4.22. The van der Waals surface area contributed by atoms with Crippen LogP contribution >= 0.6 is 0 Å². The van der Waals surface area contributed by atoms with Gasteiger partial charge in [0.25, 0.3) is 0 Å². The van der Waals surface area contributed by atoms with Gasteiger partial charge in [0, 0.05) is 6.07 Å². The zero-order valence-corrected chi connectivity index (χ0v) is 9.80. The van der Waals surface area contributed by atoms with E-state index in [1.165, 1.54) is 24.6 Å². The van der Waals surface area contributed by atoms with Crippen molar-refractivity contribution >= 4 is 0 Å². The number of rotatable bonds is 3. The van der Waals surface area contributed by atoms with Crippen molar-refractivity contribution in [2.75, 3.05) is 0 Å². The highest BCUT2D eigenvalue weighted by Crippen LogP contribution is 2.31. The van der Waals surface area contributed by atoms with E-state index in [4.69, 9.17) is 4.74 Å². The molecule has 1 saturated carbocycles. The largest absolute Gasteiger partial charge is 0.573 e. The molecule has 1 aromatic rings. The van der Waals surface area contributed by atoms with Crippen molar-refractivity contribution in [1.82, 2.24) is 0 Å². The van der Waals surface area contributed by atoms with Crippen LogP contribution in [0.1, 0.15) is 32.1 Å². The Morgan fingerprint density at radius 3 is 2.28 bits per heavy atom. The summed E-state index contributed by atoms with van der Waals surface area (Å²) < 4.78 is 45.6. The molecule has 1 aliphatic carbocycles. The van der Waals surface area contributed by atoms with Gasteiger partial charge in [-0.15, -0.1) is 13.2 Å². The summed E-state index contributed by atoms with van der Waals surface area (Å²) in [6, 6.07) is 5.63. The SMILES string of the molecule is FC(F)(F)Oc1cccc(O[C]2CCCCC2)c1. The first kappa shape index (κ1) is 13.1. The van der Waals surface area contributed by atoms with Crippen LogP contribution in [0.4, 0.5) is 13.2 Å². The molecule has 18 heavy (non-hydrogen) atoms. The molecule has 99 valence electrons. The highest BCUT2D eigenvalue weighted by Gasteiger charge is 2.31. The molecule has 0 heterocycles. The van der Waals surface area contributed by atoms with Crippen LogP contribution in [-0.4, -0.2) is 6.36 Å².